The summed E-state index contributed by atoms with van der Waals surface area (Å²) in [4.78, 5) is 24.8. The van der Waals surface area contributed by atoms with Crippen LogP contribution in [0.4, 0.5) is 10.5 Å². The average molecular weight is 331 g/mol. The van der Waals surface area contributed by atoms with Crippen LogP contribution in [0, 0.1) is 11.8 Å². The van der Waals surface area contributed by atoms with E-state index in [1.807, 2.05) is 44.2 Å². The summed E-state index contributed by atoms with van der Waals surface area (Å²) in [7, 11) is 0. The van der Waals surface area contributed by atoms with Gasteiger partial charge in [-0.05, 0) is 36.8 Å². The molecular formula is C19H29N3O2. The molecule has 5 heteroatoms. The molecule has 3 unspecified atom stereocenters. The first-order valence-corrected chi connectivity index (χ1v) is 8.90. The van der Waals surface area contributed by atoms with E-state index < -0.39 is 6.04 Å². The maximum atomic E-state index is 12.6. The number of benzene rings is 1. The second-order valence-electron chi connectivity index (χ2n) is 7.06. The molecule has 0 aliphatic heterocycles. The fraction of sp³-hybridized carbons (Fsp3) is 0.579. The summed E-state index contributed by atoms with van der Waals surface area (Å²) >= 11 is 0. The van der Waals surface area contributed by atoms with Crippen molar-refractivity contribution in [3.63, 3.8) is 0 Å². The van der Waals surface area contributed by atoms with Crippen molar-refractivity contribution in [1.29, 1.82) is 0 Å². The number of hydrogen-bond donors (Lipinski definition) is 3. The number of carbonyl (C=O) groups excluding carboxylic acids is 2. The predicted molar refractivity (Wildman–Crippen MR) is 96.8 cm³/mol. The summed E-state index contributed by atoms with van der Waals surface area (Å²) in [5.41, 5.74) is 0.707. The number of anilines is 1. The normalized spacial score (nSPS) is 21.8. The lowest BCUT2D eigenvalue weighted by Crippen LogP contribution is -2.54. The van der Waals surface area contributed by atoms with Crippen LogP contribution in [-0.4, -0.2) is 24.0 Å². The quantitative estimate of drug-likeness (QED) is 0.772. The van der Waals surface area contributed by atoms with Crippen molar-refractivity contribution in [2.24, 2.45) is 11.8 Å². The topological polar surface area (TPSA) is 70.2 Å². The second kappa shape index (κ2) is 8.71. The van der Waals surface area contributed by atoms with Crippen molar-refractivity contribution < 1.29 is 9.59 Å². The number of carbonyl (C=O) groups is 2. The number of nitrogens with one attached hydrogen (secondary N) is 3. The first-order chi connectivity index (χ1) is 11.5. The standard InChI is InChI=1S/C19H29N3O2/c1-13(2)17(18(23)21-16-12-8-7-9-14(16)3)22-19(24)20-15-10-5-4-6-11-15/h4-6,10-11,13-14,16-17H,7-9,12H2,1-3H3,(H,21,23)(H2,20,22,24). The highest BCUT2D eigenvalue weighted by atomic mass is 16.2. The molecule has 1 saturated carbocycles. The first kappa shape index (κ1) is 18.3. The Morgan fingerprint density at radius 2 is 1.75 bits per heavy atom. The van der Waals surface area contributed by atoms with Gasteiger partial charge in [-0.2, -0.15) is 0 Å². The first-order valence-electron chi connectivity index (χ1n) is 8.90. The summed E-state index contributed by atoms with van der Waals surface area (Å²) in [6, 6.07) is 8.54. The molecule has 0 heterocycles. The Kier molecular flexibility index (Phi) is 6.64. The van der Waals surface area contributed by atoms with E-state index in [9.17, 15) is 9.59 Å². The van der Waals surface area contributed by atoms with Gasteiger partial charge in [0.25, 0.3) is 0 Å². The summed E-state index contributed by atoms with van der Waals surface area (Å²) in [6.07, 6.45) is 4.57. The van der Waals surface area contributed by atoms with Gasteiger partial charge < -0.3 is 16.0 Å². The van der Waals surface area contributed by atoms with Gasteiger partial charge in [-0.25, -0.2) is 4.79 Å². The zero-order chi connectivity index (χ0) is 17.5. The van der Waals surface area contributed by atoms with Crippen molar-refractivity contribution >= 4 is 17.6 Å². The fourth-order valence-electron chi connectivity index (χ4n) is 3.17. The maximum absolute atomic E-state index is 12.6. The third kappa shape index (κ3) is 5.25. The highest BCUT2D eigenvalue weighted by molar-refractivity contribution is 5.93. The van der Waals surface area contributed by atoms with E-state index in [-0.39, 0.29) is 23.9 Å². The van der Waals surface area contributed by atoms with Crippen molar-refractivity contribution in [2.45, 2.75) is 58.5 Å². The van der Waals surface area contributed by atoms with Gasteiger partial charge in [-0.15, -0.1) is 0 Å². The van der Waals surface area contributed by atoms with Gasteiger partial charge in [-0.3, -0.25) is 4.79 Å². The predicted octanol–water partition coefficient (Wildman–Crippen LogP) is 3.53. The molecule has 0 spiro atoms. The third-order valence-electron chi connectivity index (χ3n) is 4.71. The molecule has 2 rings (SSSR count). The third-order valence-corrected chi connectivity index (χ3v) is 4.71. The lowest BCUT2D eigenvalue weighted by molar-refractivity contribution is -0.125. The molecule has 132 valence electrons. The van der Waals surface area contributed by atoms with E-state index in [1.54, 1.807) is 0 Å². The van der Waals surface area contributed by atoms with E-state index in [2.05, 4.69) is 22.9 Å². The zero-order valence-electron chi connectivity index (χ0n) is 14.8. The van der Waals surface area contributed by atoms with Crippen molar-refractivity contribution in [3.05, 3.63) is 30.3 Å². The average Bonchev–Trinajstić information content (AvgIpc) is 2.55. The van der Waals surface area contributed by atoms with E-state index in [1.165, 1.54) is 6.42 Å². The minimum Gasteiger partial charge on any atom is -0.351 e. The van der Waals surface area contributed by atoms with Gasteiger partial charge in [0.2, 0.25) is 5.91 Å². The van der Waals surface area contributed by atoms with Crippen LogP contribution in [0.3, 0.4) is 0 Å². The van der Waals surface area contributed by atoms with Gasteiger partial charge in [0, 0.05) is 11.7 Å². The molecule has 3 amide bonds. The summed E-state index contributed by atoms with van der Waals surface area (Å²) in [6.45, 7) is 6.07. The number of amides is 3. The van der Waals surface area contributed by atoms with Gasteiger partial charge in [0.05, 0.1) is 0 Å². The molecule has 0 saturated heterocycles. The number of rotatable bonds is 5. The summed E-state index contributed by atoms with van der Waals surface area (Å²) in [5, 5.41) is 8.71. The lowest BCUT2D eigenvalue weighted by atomic mass is 9.85. The molecule has 1 aromatic carbocycles. The van der Waals surface area contributed by atoms with Crippen LogP contribution < -0.4 is 16.0 Å². The molecule has 1 fully saturated rings. The van der Waals surface area contributed by atoms with Crippen LogP contribution >= 0.6 is 0 Å². The zero-order valence-corrected chi connectivity index (χ0v) is 14.8. The molecule has 0 aromatic heterocycles. The van der Waals surface area contributed by atoms with Crippen LogP contribution in [0.2, 0.25) is 0 Å². The van der Waals surface area contributed by atoms with Crippen LogP contribution in [0.25, 0.3) is 0 Å². The molecule has 0 bridgehead atoms. The van der Waals surface area contributed by atoms with E-state index in [0.717, 1.165) is 19.3 Å². The Balaban J connectivity index is 1.92. The SMILES string of the molecule is CC(C)C(NC(=O)Nc1ccccc1)C(=O)NC1CCCCC1C. The molecule has 5 nitrogen and oxygen atoms in total. The molecule has 0 radical (unpaired) electrons. The van der Waals surface area contributed by atoms with Crippen LogP contribution in [-0.2, 0) is 4.79 Å². The Morgan fingerprint density at radius 1 is 1.08 bits per heavy atom. The van der Waals surface area contributed by atoms with Crippen LogP contribution in [0.5, 0.6) is 0 Å². The van der Waals surface area contributed by atoms with Crippen LogP contribution in [0.1, 0.15) is 46.5 Å². The van der Waals surface area contributed by atoms with Crippen LogP contribution in [0.15, 0.2) is 30.3 Å². The highest BCUT2D eigenvalue weighted by Crippen LogP contribution is 2.24. The van der Waals surface area contributed by atoms with Gasteiger partial charge in [0.1, 0.15) is 6.04 Å². The van der Waals surface area contributed by atoms with Gasteiger partial charge in [-0.1, -0.05) is 51.8 Å². The minimum absolute atomic E-state index is 0.0189. The molecule has 3 atom stereocenters. The van der Waals surface area contributed by atoms with Gasteiger partial charge in [0.15, 0.2) is 0 Å². The molecule has 1 aliphatic carbocycles. The molecule has 1 aliphatic rings. The van der Waals surface area contributed by atoms with E-state index >= 15 is 0 Å². The monoisotopic (exact) mass is 331 g/mol. The smallest absolute Gasteiger partial charge is 0.319 e. The Hall–Kier alpha value is -2.04. The van der Waals surface area contributed by atoms with Gasteiger partial charge >= 0.3 is 6.03 Å². The van der Waals surface area contributed by atoms with Crippen molar-refractivity contribution in [2.75, 3.05) is 5.32 Å². The summed E-state index contributed by atoms with van der Waals surface area (Å²) < 4.78 is 0. The lowest BCUT2D eigenvalue weighted by Gasteiger charge is -2.32. The minimum atomic E-state index is -0.539. The van der Waals surface area contributed by atoms with E-state index in [4.69, 9.17) is 0 Å². The Labute approximate surface area is 144 Å². The largest absolute Gasteiger partial charge is 0.351 e. The van der Waals surface area contributed by atoms with Crippen molar-refractivity contribution in [3.8, 4) is 0 Å². The number of para-hydroxylation sites is 1. The summed E-state index contributed by atoms with van der Waals surface area (Å²) in [5.74, 6) is 0.422. The second-order valence-corrected chi connectivity index (χ2v) is 7.06. The van der Waals surface area contributed by atoms with E-state index in [0.29, 0.717) is 11.6 Å². The fourth-order valence-corrected chi connectivity index (χ4v) is 3.17. The molecular weight excluding hydrogens is 302 g/mol. The highest BCUT2D eigenvalue weighted by Gasteiger charge is 2.29. The maximum Gasteiger partial charge on any atom is 0.319 e. The molecule has 3 N–H and O–H groups in total. The molecule has 1 aromatic rings. The number of urea groups is 1. The molecule has 24 heavy (non-hydrogen) atoms. The van der Waals surface area contributed by atoms with Crippen molar-refractivity contribution in [1.82, 2.24) is 10.6 Å². The number of hydrogen-bond acceptors (Lipinski definition) is 2. The Morgan fingerprint density at radius 3 is 2.38 bits per heavy atom. The Bertz CT molecular complexity index is 545.